The minimum atomic E-state index is 0.602. The zero-order chi connectivity index (χ0) is 18.1. The van der Waals surface area contributed by atoms with Crippen molar-refractivity contribution in [1.29, 1.82) is 0 Å². The summed E-state index contributed by atoms with van der Waals surface area (Å²) in [4.78, 5) is 0. The number of nitrogens with one attached hydrogen (secondary N) is 2. The van der Waals surface area contributed by atoms with Gasteiger partial charge in [0.2, 0.25) is 0 Å². The van der Waals surface area contributed by atoms with E-state index in [1.165, 1.54) is 5.56 Å². The first-order valence-corrected chi connectivity index (χ1v) is 9.10. The quantitative estimate of drug-likeness (QED) is 0.679. The van der Waals surface area contributed by atoms with Gasteiger partial charge >= 0.3 is 0 Å². The van der Waals surface area contributed by atoms with Gasteiger partial charge < -0.3 is 20.1 Å². The molecule has 0 aliphatic carbocycles. The summed E-state index contributed by atoms with van der Waals surface area (Å²) in [6, 6.07) is 14.1. The van der Waals surface area contributed by atoms with Crippen LogP contribution in [0.3, 0.4) is 0 Å². The van der Waals surface area contributed by atoms with E-state index in [4.69, 9.17) is 21.7 Å². The fourth-order valence-corrected chi connectivity index (χ4v) is 2.69. The number of benzene rings is 2. The van der Waals surface area contributed by atoms with Crippen LogP contribution < -0.4 is 20.1 Å². The minimum Gasteiger partial charge on any atom is -0.490 e. The molecule has 0 spiro atoms. The average Bonchev–Trinajstić information content (AvgIpc) is 2.62. The molecule has 0 saturated heterocycles. The van der Waals surface area contributed by atoms with Gasteiger partial charge in [0.25, 0.3) is 0 Å². The molecule has 2 aromatic carbocycles. The molecule has 0 unspecified atom stereocenters. The summed E-state index contributed by atoms with van der Waals surface area (Å²) in [5, 5.41) is 7.12. The second-order valence-electron chi connectivity index (χ2n) is 5.47. The van der Waals surface area contributed by atoms with Crippen LogP contribution in [0.5, 0.6) is 11.5 Å². The second-order valence-corrected chi connectivity index (χ2v) is 5.87. The number of rotatable bonds is 8. The normalized spacial score (nSPS) is 10.2. The molecule has 0 bridgehead atoms. The topological polar surface area (TPSA) is 42.5 Å². The van der Waals surface area contributed by atoms with Crippen molar-refractivity contribution in [2.75, 3.05) is 18.5 Å². The molecule has 0 atom stereocenters. The maximum absolute atomic E-state index is 5.66. The Balaban J connectivity index is 1.98. The van der Waals surface area contributed by atoms with E-state index >= 15 is 0 Å². The fraction of sp³-hybridized carbons (Fsp3) is 0.350. The Kier molecular flexibility index (Phi) is 7.54. The number of ether oxygens (including phenoxy) is 2. The summed E-state index contributed by atoms with van der Waals surface area (Å²) in [5.74, 6) is 1.53. The number of hydrogen-bond acceptors (Lipinski definition) is 3. The summed E-state index contributed by atoms with van der Waals surface area (Å²) < 4.78 is 11.3. The molecule has 134 valence electrons. The highest BCUT2D eigenvalue weighted by Crippen LogP contribution is 2.28. The third-order valence-electron chi connectivity index (χ3n) is 3.71. The molecule has 2 N–H and O–H groups in total. The SMILES string of the molecule is CCOc1ccc(CNC(=S)Nc2ccccc2CC)cc1OCC. The first-order valence-electron chi connectivity index (χ1n) is 8.69. The van der Waals surface area contributed by atoms with E-state index in [2.05, 4.69) is 23.6 Å². The minimum absolute atomic E-state index is 0.602. The molecular weight excluding hydrogens is 332 g/mol. The molecule has 4 nitrogen and oxygen atoms in total. The fourth-order valence-electron chi connectivity index (χ4n) is 2.50. The molecule has 0 heterocycles. The maximum Gasteiger partial charge on any atom is 0.171 e. The monoisotopic (exact) mass is 358 g/mol. The molecule has 0 aliphatic rings. The molecule has 2 aromatic rings. The zero-order valence-corrected chi connectivity index (χ0v) is 15.9. The lowest BCUT2D eigenvalue weighted by Gasteiger charge is -2.15. The van der Waals surface area contributed by atoms with Crippen LogP contribution in [0.1, 0.15) is 31.9 Å². The van der Waals surface area contributed by atoms with Gasteiger partial charge in [-0.3, -0.25) is 0 Å². The molecule has 0 aromatic heterocycles. The van der Waals surface area contributed by atoms with Gasteiger partial charge in [-0.05, 0) is 61.8 Å². The Labute approximate surface area is 155 Å². The lowest BCUT2D eigenvalue weighted by Crippen LogP contribution is -2.28. The Morgan fingerprint density at radius 3 is 2.40 bits per heavy atom. The molecule has 25 heavy (non-hydrogen) atoms. The van der Waals surface area contributed by atoms with Crippen molar-refractivity contribution in [3.8, 4) is 11.5 Å². The molecular formula is C20H26N2O2S. The van der Waals surface area contributed by atoms with E-state index in [1.807, 2.05) is 50.2 Å². The van der Waals surface area contributed by atoms with Crippen LogP contribution in [0.2, 0.25) is 0 Å². The lowest BCUT2D eigenvalue weighted by molar-refractivity contribution is 0.287. The Hall–Kier alpha value is -2.27. The molecule has 0 saturated carbocycles. The largest absolute Gasteiger partial charge is 0.490 e. The van der Waals surface area contributed by atoms with Gasteiger partial charge in [0.15, 0.2) is 16.6 Å². The Morgan fingerprint density at radius 1 is 0.960 bits per heavy atom. The maximum atomic E-state index is 5.66. The molecule has 0 aliphatic heterocycles. The predicted molar refractivity (Wildman–Crippen MR) is 108 cm³/mol. The van der Waals surface area contributed by atoms with Gasteiger partial charge in [0.1, 0.15) is 0 Å². The molecule has 2 rings (SSSR count). The zero-order valence-electron chi connectivity index (χ0n) is 15.1. The van der Waals surface area contributed by atoms with E-state index in [-0.39, 0.29) is 0 Å². The van der Waals surface area contributed by atoms with Gasteiger partial charge in [-0.15, -0.1) is 0 Å². The number of anilines is 1. The van der Waals surface area contributed by atoms with Crippen LogP contribution in [0.25, 0.3) is 0 Å². The van der Waals surface area contributed by atoms with Crippen LogP contribution >= 0.6 is 12.2 Å². The van der Waals surface area contributed by atoms with Crippen LogP contribution in [0.15, 0.2) is 42.5 Å². The summed E-state index contributed by atoms with van der Waals surface area (Å²) in [7, 11) is 0. The predicted octanol–water partition coefficient (Wildman–Crippen LogP) is 4.53. The van der Waals surface area contributed by atoms with E-state index in [1.54, 1.807) is 0 Å². The Morgan fingerprint density at radius 2 is 1.68 bits per heavy atom. The molecule has 0 fully saturated rings. The van der Waals surface area contributed by atoms with Crippen molar-refractivity contribution in [1.82, 2.24) is 5.32 Å². The summed E-state index contributed by atoms with van der Waals surface area (Å²) >= 11 is 5.42. The third-order valence-corrected chi connectivity index (χ3v) is 3.95. The van der Waals surface area contributed by atoms with Gasteiger partial charge in [-0.1, -0.05) is 31.2 Å². The van der Waals surface area contributed by atoms with Crippen LogP contribution in [0.4, 0.5) is 5.69 Å². The lowest BCUT2D eigenvalue weighted by atomic mass is 10.1. The van der Waals surface area contributed by atoms with Crippen molar-refractivity contribution in [3.63, 3.8) is 0 Å². The molecule has 0 radical (unpaired) electrons. The number of para-hydroxylation sites is 1. The van der Waals surface area contributed by atoms with Crippen LogP contribution in [-0.2, 0) is 13.0 Å². The van der Waals surface area contributed by atoms with Gasteiger partial charge in [0, 0.05) is 12.2 Å². The Bertz CT molecular complexity index is 704. The smallest absolute Gasteiger partial charge is 0.171 e. The molecule has 0 amide bonds. The van der Waals surface area contributed by atoms with E-state index in [9.17, 15) is 0 Å². The van der Waals surface area contributed by atoms with Crippen LogP contribution in [0, 0.1) is 0 Å². The number of hydrogen-bond donors (Lipinski definition) is 2. The summed E-state index contributed by atoms with van der Waals surface area (Å²) in [5.41, 5.74) is 3.37. The highest BCUT2D eigenvalue weighted by atomic mass is 32.1. The number of aryl methyl sites for hydroxylation is 1. The first kappa shape index (κ1) is 19.1. The molecule has 5 heteroatoms. The summed E-state index contributed by atoms with van der Waals surface area (Å²) in [6.07, 6.45) is 0.961. The van der Waals surface area contributed by atoms with Crippen molar-refractivity contribution in [3.05, 3.63) is 53.6 Å². The average molecular weight is 359 g/mol. The number of thiocarbonyl (C=S) groups is 1. The van der Waals surface area contributed by atoms with Crippen molar-refractivity contribution >= 4 is 23.0 Å². The van der Waals surface area contributed by atoms with E-state index in [0.29, 0.717) is 24.9 Å². The second kappa shape index (κ2) is 9.89. The summed E-state index contributed by atoms with van der Waals surface area (Å²) in [6.45, 7) is 7.89. The van der Waals surface area contributed by atoms with E-state index < -0.39 is 0 Å². The third kappa shape index (κ3) is 5.64. The van der Waals surface area contributed by atoms with Gasteiger partial charge in [-0.25, -0.2) is 0 Å². The first-order chi connectivity index (χ1) is 12.2. The van der Waals surface area contributed by atoms with E-state index in [0.717, 1.165) is 29.2 Å². The standard InChI is InChI=1S/C20H26N2O2S/c1-4-16-9-7-8-10-17(16)22-20(25)21-14-15-11-12-18(23-5-2)19(13-15)24-6-3/h7-13H,4-6,14H2,1-3H3,(H2,21,22,25). The van der Waals surface area contributed by atoms with Crippen molar-refractivity contribution < 1.29 is 9.47 Å². The van der Waals surface area contributed by atoms with Crippen LogP contribution in [-0.4, -0.2) is 18.3 Å². The highest BCUT2D eigenvalue weighted by molar-refractivity contribution is 7.80. The van der Waals surface area contributed by atoms with Crippen molar-refractivity contribution in [2.24, 2.45) is 0 Å². The van der Waals surface area contributed by atoms with Crippen molar-refractivity contribution in [2.45, 2.75) is 33.7 Å². The highest BCUT2D eigenvalue weighted by Gasteiger charge is 2.07. The van der Waals surface area contributed by atoms with Gasteiger partial charge in [-0.2, -0.15) is 0 Å². The van der Waals surface area contributed by atoms with Gasteiger partial charge in [0.05, 0.1) is 13.2 Å².